The molecule has 0 aromatic heterocycles. The number of aliphatic hydroxyl groups is 1. The summed E-state index contributed by atoms with van der Waals surface area (Å²) in [7, 11) is 1.43. The van der Waals surface area contributed by atoms with Gasteiger partial charge in [-0.3, -0.25) is 0 Å². The van der Waals surface area contributed by atoms with E-state index in [2.05, 4.69) is 4.99 Å². The highest BCUT2D eigenvalue weighted by molar-refractivity contribution is 8.18. The second-order valence-electron chi connectivity index (χ2n) is 5.85. The van der Waals surface area contributed by atoms with Crippen molar-refractivity contribution in [2.45, 2.75) is 6.92 Å². The zero-order chi connectivity index (χ0) is 21.0. The fourth-order valence-corrected chi connectivity index (χ4v) is 3.61. The van der Waals surface area contributed by atoms with E-state index in [1.165, 1.54) is 37.5 Å². The molecule has 0 amide bonds. The topological polar surface area (TPSA) is 88.4 Å². The number of aromatic hydroxyl groups is 1. The zero-order valence-electron chi connectivity index (χ0n) is 15.7. The minimum Gasteiger partial charge on any atom is -0.506 e. The lowest BCUT2D eigenvalue weighted by molar-refractivity contribution is -0.138. The van der Waals surface area contributed by atoms with Gasteiger partial charge in [-0.05, 0) is 43.3 Å². The third-order valence-corrected chi connectivity index (χ3v) is 4.98. The first-order valence-corrected chi connectivity index (χ1v) is 9.47. The minimum absolute atomic E-state index is 0.0881. The van der Waals surface area contributed by atoms with E-state index in [0.717, 1.165) is 11.8 Å². The summed E-state index contributed by atoms with van der Waals surface area (Å²) in [6.45, 7) is 1.78. The summed E-state index contributed by atoms with van der Waals surface area (Å²) >= 11 is 1.04. The van der Waals surface area contributed by atoms with Crippen LogP contribution in [0.4, 0.5) is 10.1 Å². The Hall–Kier alpha value is -3.26. The third-order valence-electron chi connectivity index (χ3n) is 3.96. The Kier molecular flexibility index (Phi) is 6.23. The number of benzene rings is 2. The number of phenols is 1. The molecule has 1 aliphatic heterocycles. The van der Waals surface area contributed by atoms with Crippen molar-refractivity contribution in [3.8, 4) is 11.5 Å². The molecule has 1 aliphatic rings. The van der Waals surface area contributed by atoms with Gasteiger partial charge < -0.3 is 19.7 Å². The second-order valence-corrected chi connectivity index (χ2v) is 6.88. The van der Waals surface area contributed by atoms with Crippen LogP contribution in [0.2, 0.25) is 0 Å². The van der Waals surface area contributed by atoms with Crippen LogP contribution in [0.1, 0.15) is 12.5 Å². The van der Waals surface area contributed by atoms with Crippen molar-refractivity contribution in [3.05, 3.63) is 70.1 Å². The van der Waals surface area contributed by atoms with Gasteiger partial charge in [-0.15, -0.1) is 0 Å². The van der Waals surface area contributed by atoms with E-state index in [1.54, 1.807) is 25.1 Å². The third kappa shape index (κ3) is 4.43. The lowest BCUT2D eigenvalue weighted by atomic mass is 10.1. The number of hydrogen-bond acceptors (Lipinski definition) is 7. The van der Waals surface area contributed by atoms with Crippen molar-refractivity contribution in [3.63, 3.8) is 0 Å². The summed E-state index contributed by atoms with van der Waals surface area (Å²) in [4.78, 5) is 17.0. The molecule has 3 rings (SSSR count). The number of halogens is 1. The van der Waals surface area contributed by atoms with E-state index < -0.39 is 11.8 Å². The molecule has 0 fully saturated rings. The summed E-state index contributed by atoms with van der Waals surface area (Å²) < 4.78 is 23.3. The van der Waals surface area contributed by atoms with Gasteiger partial charge in [0.2, 0.25) is 0 Å². The van der Waals surface area contributed by atoms with Gasteiger partial charge in [0.1, 0.15) is 22.2 Å². The summed E-state index contributed by atoms with van der Waals surface area (Å²) in [5.41, 5.74) is 0.716. The molecule has 29 heavy (non-hydrogen) atoms. The number of phenolic OH excluding ortho intramolecular Hbond substituents is 1. The molecule has 8 heteroatoms. The molecule has 2 aromatic rings. The maximum absolute atomic E-state index is 13.2. The molecule has 0 bridgehead atoms. The lowest BCUT2D eigenvalue weighted by Gasteiger charge is -2.06. The Morgan fingerprint density at radius 3 is 2.59 bits per heavy atom. The quantitative estimate of drug-likeness (QED) is 0.686. The molecule has 0 unspecified atom stereocenters. The van der Waals surface area contributed by atoms with Crippen molar-refractivity contribution < 1.29 is 28.9 Å². The van der Waals surface area contributed by atoms with Crippen LogP contribution in [0.25, 0.3) is 6.08 Å². The molecule has 1 heterocycles. The molecule has 2 N–H and O–H groups in total. The van der Waals surface area contributed by atoms with Crippen LogP contribution in [-0.4, -0.2) is 34.9 Å². The molecule has 150 valence electrons. The number of nitrogens with zero attached hydrogens (tertiary/aromatic N) is 1. The molecular weight excluding hydrogens is 397 g/mol. The van der Waals surface area contributed by atoms with Crippen molar-refractivity contribution >= 4 is 34.5 Å². The average molecular weight is 415 g/mol. The van der Waals surface area contributed by atoms with Gasteiger partial charge >= 0.3 is 5.97 Å². The number of carbonyl (C=O) groups is 1. The fraction of sp³-hybridized carbons (Fsp3) is 0.143. The van der Waals surface area contributed by atoms with E-state index in [0.29, 0.717) is 16.2 Å². The number of carbonyl (C=O) groups excluding carboxylic acids is 1. The number of aliphatic imine (C=N–C) groups is 1. The van der Waals surface area contributed by atoms with Crippen molar-refractivity contribution in [2.75, 3.05) is 13.7 Å². The SMILES string of the molecule is CCOC(=O)C1=C(O)C(=Cc2cccc(OC)c2O)SC1=Nc1ccc(F)cc1. The molecule has 0 saturated carbocycles. The standard InChI is InChI=1S/C21H18FNO5S/c1-3-28-21(26)17-19(25)16(11-12-5-4-6-15(27-2)18(12)24)29-20(17)23-14-9-7-13(22)8-10-14/h4-11,24-25H,3H2,1-2H3. The summed E-state index contributed by atoms with van der Waals surface area (Å²) in [5.74, 6) is -1.27. The molecule has 2 aromatic carbocycles. The van der Waals surface area contributed by atoms with E-state index >= 15 is 0 Å². The monoisotopic (exact) mass is 415 g/mol. The Balaban J connectivity index is 2.06. The van der Waals surface area contributed by atoms with Crippen LogP contribution < -0.4 is 4.74 Å². The first-order valence-electron chi connectivity index (χ1n) is 8.65. The molecule has 6 nitrogen and oxygen atoms in total. The number of rotatable bonds is 5. The van der Waals surface area contributed by atoms with Crippen molar-refractivity contribution in [1.82, 2.24) is 0 Å². The Bertz CT molecular complexity index is 1030. The number of thioether (sulfide) groups is 1. The van der Waals surface area contributed by atoms with Crippen LogP contribution in [0.15, 0.2) is 63.7 Å². The smallest absolute Gasteiger partial charge is 0.344 e. The van der Waals surface area contributed by atoms with Crippen LogP contribution >= 0.6 is 11.8 Å². The van der Waals surface area contributed by atoms with Crippen LogP contribution in [0, 0.1) is 5.82 Å². The van der Waals surface area contributed by atoms with E-state index in [4.69, 9.17) is 9.47 Å². The highest BCUT2D eigenvalue weighted by atomic mass is 32.2. The molecule has 0 spiro atoms. The second kappa shape index (κ2) is 8.83. The maximum atomic E-state index is 13.2. The number of para-hydroxylation sites is 1. The lowest BCUT2D eigenvalue weighted by Crippen LogP contribution is -2.12. The van der Waals surface area contributed by atoms with Crippen molar-refractivity contribution in [2.24, 2.45) is 4.99 Å². The first kappa shape index (κ1) is 20.5. The summed E-state index contributed by atoms with van der Waals surface area (Å²) in [6, 6.07) is 10.3. The number of esters is 1. The van der Waals surface area contributed by atoms with Crippen LogP contribution in [0.3, 0.4) is 0 Å². The van der Waals surface area contributed by atoms with Crippen LogP contribution in [-0.2, 0) is 9.53 Å². The molecular formula is C21H18FNO5S. The Morgan fingerprint density at radius 2 is 1.93 bits per heavy atom. The Morgan fingerprint density at radius 1 is 1.21 bits per heavy atom. The summed E-state index contributed by atoms with van der Waals surface area (Å²) in [5, 5.41) is 21.2. The van der Waals surface area contributed by atoms with E-state index in [1.807, 2.05) is 0 Å². The van der Waals surface area contributed by atoms with Gasteiger partial charge in [-0.2, -0.15) is 0 Å². The molecule has 0 radical (unpaired) electrons. The molecule has 0 saturated heterocycles. The number of methoxy groups -OCH3 is 1. The van der Waals surface area contributed by atoms with Crippen LogP contribution in [0.5, 0.6) is 11.5 Å². The minimum atomic E-state index is -0.725. The summed E-state index contributed by atoms with van der Waals surface area (Å²) in [6.07, 6.45) is 1.52. The average Bonchev–Trinajstić information content (AvgIpc) is 3.00. The van der Waals surface area contributed by atoms with E-state index in [9.17, 15) is 19.4 Å². The normalized spacial score (nSPS) is 16.5. The van der Waals surface area contributed by atoms with Gasteiger partial charge in [-0.1, -0.05) is 23.9 Å². The highest BCUT2D eigenvalue weighted by Gasteiger charge is 2.33. The number of aliphatic hydroxyl groups excluding tert-OH is 1. The Labute approximate surface area is 171 Å². The highest BCUT2D eigenvalue weighted by Crippen LogP contribution is 2.42. The molecule has 0 aliphatic carbocycles. The van der Waals surface area contributed by atoms with Gasteiger partial charge in [-0.25, -0.2) is 14.2 Å². The maximum Gasteiger partial charge on any atom is 0.344 e. The van der Waals surface area contributed by atoms with Gasteiger partial charge in [0, 0.05) is 5.56 Å². The fourth-order valence-electron chi connectivity index (χ4n) is 2.59. The largest absolute Gasteiger partial charge is 0.506 e. The van der Waals surface area contributed by atoms with E-state index in [-0.39, 0.29) is 34.5 Å². The predicted octanol–water partition coefficient (Wildman–Crippen LogP) is 4.73. The van der Waals surface area contributed by atoms with Crippen molar-refractivity contribution in [1.29, 1.82) is 0 Å². The predicted molar refractivity (Wildman–Crippen MR) is 110 cm³/mol. The van der Waals surface area contributed by atoms with Gasteiger partial charge in [0.15, 0.2) is 11.5 Å². The first-order chi connectivity index (χ1) is 13.9. The number of hydrogen-bond donors (Lipinski definition) is 2. The van der Waals surface area contributed by atoms with Gasteiger partial charge in [0.05, 0.1) is 24.3 Å². The number of ether oxygens (including phenoxy) is 2. The molecule has 0 atom stereocenters. The van der Waals surface area contributed by atoms with Gasteiger partial charge in [0.25, 0.3) is 0 Å². The zero-order valence-corrected chi connectivity index (χ0v) is 16.5.